The van der Waals surface area contributed by atoms with Crippen molar-refractivity contribution in [1.82, 2.24) is 14.8 Å². The van der Waals surface area contributed by atoms with Crippen molar-refractivity contribution in [3.63, 3.8) is 0 Å². The minimum absolute atomic E-state index is 0.326. The lowest BCUT2D eigenvalue weighted by molar-refractivity contribution is -0.117. The van der Waals surface area contributed by atoms with Gasteiger partial charge in [0.05, 0.1) is 5.25 Å². The van der Waals surface area contributed by atoms with E-state index in [1.165, 1.54) is 36.6 Å². The van der Waals surface area contributed by atoms with Crippen LogP contribution in [0.1, 0.15) is 51.1 Å². The van der Waals surface area contributed by atoms with E-state index in [9.17, 15) is 4.79 Å². The molecular weight excluding hydrogens is 332 g/mol. The highest BCUT2D eigenvalue weighted by Gasteiger charge is 2.29. The van der Waals surface area contributed by atoms with Gasteiger partial charge in [0.15, 0.2) is 11.0 Å². The van der Waals surface area contributed by atoms with Gasteiger partial charge < -0.3 is 5.73 Å². The molecule has 1 saturated carbocycles. The van der Waals surface area contributed by atoms with Crippen LogP contribution in [-0.2, 0) is 4.79 Å². The maximum Gasteiger partial charge on any atom is 0.230 e. The molecule has 0 aliphatic heterocycles. The van der Waals surface area contributed by atoms with Crippen LogP contribution in [0.5, 0.6) is 0 Å². The van der Waals surface area contributed by atoms with E-state index in [1.807, 2.05) is 13.0 Å². The molecule has 134 valence electrons. The third kappa shape index (κ3) is 3.89. The van der Waals surface area contributed by atoms with E-state index < -0.39 is 0 Å². The van der Waals surface area contributed by atoms with Crippen molar-refractivity contribution in [3.8, 4) is 11.4 Å². The number of benzene rings is 1. The van der Waals surface area contributed by atoms with Gasteiger partial charge in [-0.1, -0.05) is 55.3 Å². The Bertz CT molecular complexity index is 758. The first-order valence-electron chi connectivity index (χ1n) is 8.95. The van der Waals surface area contributed by atoms with E-state index >= 15 is 0 Å². The Morgan fingerprint density at radius 3 is 2.76 bits per heavy atom. The summed E-state index contributed by atoms with van der Waals surface area (Å²) in [5.41, 5.74) is 7.73. The molecule has 0 bridgehead atoms. The summed E-state index contributed by atoms with van der Waals surface area (Å²) in [5.74, 6) is 1.13. The van der Waals surface area contributed by atoms with Gasteiger partial charge in [-0.15, -0.1) is 10.2 Å². The van der Waals surface area contributed by atoms with Crippen molar-refractivity contribution in [1.29, 1.82) is 0 Å². The van der Waals surface area contributed by atoms with E-state index in [4.69, 9.17) is 5.73 Å². The molecule has 0 spiro atoms. The number of aromatic nitrogens is 3. The number of hydrogen-bond acceptors (Lipinski definition) is 4. The van der Waals surface area contributed by atoms with Crippen molar-refractivity contribution in [2.75, 3.05) is 0 Å². The largest absolute Gasteiger partial charge is 0.369 e. The van der Waals surface area contributed by atoms with Crippen molar-refractivity contribution >= 4 is 17.7 Å². The van der Waals surface area contributed by atoms with Gasteiger partial charge in [0.25, 0.3) is 0 Å². The summed E-state index contributed by atoms with van der Waals surface area (Å²) < 4.78 is 2.25. The third-order valence-corrected chi connectivity index (χ3v) is 6.10. The molecule has 3 rings (SSSR count). The van der Waals surface area contributed by atoms with E-state index in [-0.39, 0.29) is 11.2 Å². The molecule has 1 aromatic heterocycles. The number of carbonyl (C=O) groups is 1. The first kappa shape index (κ1) is 18.0. The maximum atomic E-state index is 11.5. The summed E-state index contributed by atoms with van der Waals surface area (Å²) in [5, 5.41) is 9.38. The maximum absolute atomic E-state index is 11.5. The van der Waals surface area contributed by atoms with Crippen LogP contribution in [-0.4, -0.2) is 25.9 Å². The highest BCUT2D eigenvalue weighted by atomic mass is 32.2. The predicted octanol–water partition coefficient (Wildman–Crippen LogP) is 3.97. The molecule has 1 fully saturated rings. The molecule has 3 atom stereocenters. The van der Waals surface area contributed by atoms with Crippen LogP contribution in [0.15, 0.2) is 29.4 Å². The molecule has 1 aromatic carbocycles. The second kappa shape index (κ2) is 7.60. The van der Waals surface area contributed by atoms with Crippen molar-refractivity contribution in [2.24, 2.45) is 11.7 Å². The zero-order valence-electron chi connectivity index (χ0n) is 15.1. The Morgan fingerprint density at radius 2 is 2.08 bits per heavy atom. The summed E-state index contributed by atoms with van der Waals surface area (Å²) in [6, 6.07) is 8.71. The van der Waals surface area contributed by atoms with Crippen molar-refractivity contribution in [3.05, 3.63) is 29.8 Å². The van der Waals surface area contributed by atoms with Gasteiger partial charge in [-0.3, -0.25) is 9.36 Å². The van der Waals surface area contributed by atoms with Crippen LogP contribution < -0.4 is 5.73 Å². The highest BCUT2D eigenvalue weighted by molar-refractivity contribution is 8.00. The number of aryl methyl sites for hydroxylation is 1. The van der Waals surface area contributed by atoms with Gasteiger partial charge in [0, 0.05) is 11.6 Å². The van der Waals surface area contributed by atoms with E-state index in [2.05, 4.69) is 46.8 Å². The molecule has 5 nitrogen and oxygen atoms in total. The second-order valence-corrected chi connectivity index (χ2v) is 8.35. The average molecular weight is 359 g/mol. The number of hydrogen-bond donors (Lipinski definition) is 1. The van der Waals surface area contributed by atoms with Gasteiger partial charge in [0.1, 0.15) is 0 Å². The first-order chi connectivity index (χ1) is 12.0. The molecule has 6 heteroatoms. The van der Waals surface area contributed by atoms with Crippen LogP contribution in [0.2, 0.25) is 0 Å². The fraction of sp³-hybridized carbons (Fsp3) is 0.526. The van der Waals surface area contributed by atoms with Crippen LogP contribution in [0.3, 0.4) is 0 Å². The van der Waals surface area contributed by atoms with Crippen LogP contribution in [0.25, 0.3) is 11.4 Å². The van der Waals surface area contributed by atoms with E-state index in [0.717, 1.165) is 23.0 Å². The average Bonchev–Trinajstić information content (AvgIpc) is 2.98. The number of thioether (sulfide) groups is 1. The molecule has 0 radical (unpaired) electrons. The van der Waals surface area contributed by atoms with Gasteiger partial charge >= 0.3 is 0 Å². The molecular formula is C19H26N4OS. The van der Waals surface area contributed by atoms with Gasteiger partial charge in [-0.25, -0.2) is 0 Å². The molecule has 2 N–H and O–H groups in total. The summed E-state index contributed by atoms with van der Waals surface area (Å²) in [4.78, 5) is 11.5. The zero-order chi connectivity index (χ0) is 18.0. The summed E-state index contributed by atoms with van der Waals surface area (Å²) in [7, 11) is 0. The molecule has 25 heavy (non-hydrogen) atoms. The van der Waals surface area contributed by atoms with Gasteiger partial charge in [-0.2, -0.15) is 0 Å². The van der Waals surface area contributed by atoms with Crippen LogP contribution in [0.4, 0.5) is 0 Å². The lowest BCUT2D eigenvalue weighted by Crippen LogP contribution is -2.25. The number of nitrogens with zero attached hydrogens (tertiary/aromatic N) is 3. The summed E-state index contributed by atoms with van der Waals surface area (Å²) >= 11 is 1.41. The zero-order valence-corrected chi connectivity index (χ0v) is 15.9. The molecule has 3 unspecified atom stereocenters. The Kier molecular flexibility index (Phi) is 5.47. The van der Waals surface area contributed by atoms with Crippen molar-refractivity contribution in [2.45, 2.75) is 62.9 Å². The Labute approximate surface area is 153 Å². The molecule has 1 heterocycles. The summed E-state index contributed by atoms with van der Waals surface area (Å²) in [6.45, 7) is 6.21. The summed E-state index contributed by atoms with van der Waals surface area (Å²) in [6.07, 6.45) is 4.83. The normalized spacial score (nSPS) is 21.9. The SMILES string of the molecule is Cc1cccc(-c2nnc(SC(C)C(N)=O)n2C2CCCCC2C)c1. The lowest BCUT2D eigenvalue weighted by atomic mass is 9.85. The fourth-order valence-electron chi connectivity index (χ4n) is 3.53. The van der Waals surface area contributed by atoms with Crippen molar-refractivity contribution < 1.29 is 4.79 Å². The molecule has 0 saturated heterocycles. The quantitative estimate of drug-likeness (QED) is 0.821. The highest BCUT2D eigenvalue weighted by Crippen LogP contribution is 2.39. The number of amides is 1. The molecule has 1 aliphatic rings. The number of primary amides is 1. The fourth-order valence-corrected chi connectivity index (χ4v) is 4.39. The Hall–Kier alpha value is -1.82. The lowest BCUT2D eigenvalue weighted by Gasteiger charge is -2.31. The molecule has 1 aliphatic carbocycles. The third-order valence-electron chi connectivity index (χ3n) is 5.02. The molecule has 2 aromatic rings. The standard InChI is InChI=1S/C19H26N4OS/c1-12-7-6-9-15(11-12)18-21-22-19(25-14(3)17(20)24)23(18)16-10-5-4-8-13(16)2/h6-7,9,11,13-14,16H,4-5,8,10H2,1-3H3,(H2,20,24). The predicted molar refractivity (Wildman–Crippen MR) is 101 cm³/mol. The second-order valence-electron chi connectivity index (χ2n) is 7.04. The van der Waals surface area contributed by atoms with E-state index in [0.29, 0.717) is 12.0 Å². The number of nitrogens with two attached hydrogens (primary N) is 1. The monoisotopic (exact) mass is 358 g/mol. The molecule has 1 amide bonds. The smallest absolute Gasteiger partial charge is 0.230 e. The number of rotatable bonds is 5. The minimum atomic E-state index is -0.327. The Balaban J connectivity index is 2.05. The van der Waals surface area contributed by atoms with Gasteiger partial charge in [-0.05, 0) is 38.7 Å². The first-order valence-corrected chi connectivity index (χ1v) is 9.83. The van der Waals surface area contributed by atoms with Gasteiger partial charge in [0.2, 0.25) is 5.91 Å². The van der Waals surface area contributed by atoms with E-state index in [1.54, 1.807) is 0 Å². The number of carbonyl (C=O) groups excluding carboxylic acids is 1. The van der Waals surface area contributed by atoms with Crippen LogP contribution >= 0.6 is 11.8 Å². The topological polar surface area (TPSA) is 73.8 Å². The minimum Gasteiger partial charge on any atom is -0.369 e. The van der Waals surface area contributed by atoms with Crippen LogP contribution in [0, 0.1) is 12.8 Å². The Morgan fingerprint density at radius 1 is 1.32 bits per heavy atom.